The van der Waals surface area contributed by atoms with Crippen molar-refractivity contribution in [3.63, 3.8) is 0 Å². The lowest BCUT2D eigenvalue weighted by atomic mass is 9.79. The maximum absolute atomic E-state index is 9.72. The van der Waals surface area contributed by atoms with Gasteiger partial charge in [-0.15, -0.1) is 0 Å². The zero-order valence-electron chi connectivity index (χ0n) is 11.2. The largest absolute Gasteiger partial charge is 0.491 e. The van der Waals surface area contributed by atoms with Crippen LogP contribution in [-0.4, -0.2) is 17.1 Å². The molecule has 0 atom stereocenters. The van der Waals surface area contributed by atoms with E-state index in [1.54, 1.807) is 6.07 Å². The summed E-state index contributed by atoms with van der Waals surface area (Å²) in [5, 5.41) is 10.8. The topological polar surface area (TPSA) is 51.6 Å². The van der Waals surface area contributed by atoms with Crippen LogP contribution >= 0.6 is 0 Å². The SMILES string of the molecule is OB1OCc2ccc(Oc3ccc4ccccc4n3)cc21. The summed E-state index contributed by atoms with van der Waals surface area (Å²) in [6.45, 7) is 0.436. The molecule has 2 aromatic carbocycles. The highest BCUT2D eigenvalue weighted by Crippen LogP contribution is 2.23. The molecule has 21 heavy (non-hydrogen) atoms. The number of fused-ring (bicyclic) bond motifs is 2. The van der Waals surface area contributed by atoms with E-state index in [0.717, 1.165) is 21.9 Å². The summed E-state index contributed by atoms with van der Waals surface area (Å²) in [4.78, 5) is 4.47. The Morgan fingerprint density at radius 2 is 2.00 bits per heavy atom. The second-order valence-electron chi connectivity index (χ2n) is 4.97. The molecule has 1 aliphatic rings. The minimum atomic E-state index is -0.867. The van der Waals surface area contributed by atoms with Gasteiger partial charge in [0.2, 0.25) is 5.88 Å². The van der Waals surface area contributed by atoms with Gasteiger partial charge in [0.15, 0.2) is 0 Å². The Hall–Kier alpha value is -2.37. The van der Waals surface area contributed by atoms with Crippen molar-refractivity contribution in [1.82, 2.24) is 4.98 Å². The molecule has 1 aliphatic heterocycles. The van der Waals surface area contributed by atoms with Gasteiger partial charge in [-0.1, -0.05) is 24.3 Å². The van der Waals surface area contributed by atoms with E-state index in [4.69, 9.17) is 9.39 Å². The lowest BCUT2D eigenvalue weighted by Crippen LogP contribution is -2.27. The van der Waals surface area contributed by atoms with Crippen molar-refractivity contribution in [2.45, 2.75) is 6.61 Å². The zero-order valence-corrected chi connectivity index (χ0v) is 11.2. The van der Waals surface area contributed by atoms with Crippen LogP contribution < -0.4 is 10.2 Å². The third kappa shape index (κ3) is 2.26. The van der Waals surface area contributed by atoms with E-state index in [-0.39, 0.29) is 0 Å². The minimum absolute atomic E-state index is 0.436. The van der Waals surface area contributed by atoms with E-state index in [1.165, 1.54) is 0 Å². The van der Waals surface area contributed by atoms with Crippen LogP contribution in [0.4, 0.5) is 0 Å². The van der Waals surface area contributed by atoms with Crippen LogP contribution in [-0.2, 0) is 11.3 Å². The van der Waals surface area contributed by atoms with Crippen molar-refractivity contribution >= 4 is 23.5 Å². The van der Waals surface area contributed by atoms with Gasteiger partial charge in [0.25, 0.3) is 0 Å². The van der Waals surface area contributed by atoms with Gasteiger partial charge in [-0.3, -0.25) is 0 Å². The standard InChI is InChI=1S/C16H12BNO3/c19-17-14-9-13(7-5-12(14)10-20-17)21-16-8-6-11-3-1-2-4-15(11)18-16/h1-9,19H,10H2. The van der Waals surface area contributed by atoms with Gasteiger partial charge in [0, 0.05) is 11.5 Å². The lowest BCUT2D eigenvalue weighted by Gasteiger charge is -2.07. The first kappa shape index (κ1) is 12.4. The van der Waals surface area contributed by atoms with Crippen LogP contribution in [0.2, 0.25) is 0 Å². The molecule has 0 amide bonds. The Morgan fingerprint density at radius 1 is 1.10 bits per heavy atom. The Kier molecular flexibility index (Phi) is 2.87. The van der Waals surface area contributed by atoms with Gasteiger partial charge in [-0.25, -0.2) is 4.98 Å². The number of ether oxygens (including phenoxy) is 1. The molecule has 2 heterocycles. The monoisotopic (exact) mass is 277 g/mol. The third-order valence-corrected chi connectivity index (χ3v) is 3.58. The molecule has 1 N–H and O–H groups in total. The summed E-state index contributed by atoms with van der Waals surface area (Å²) in [5.41, 5.74) is 2.63. The van der Waals surface area contributed by atoms with E-state index in [0.29, 0.717) is 18.2 Å². The van der Waals surface area contributed by atoms with Gasteiger partial charge in [-0.05, 0) is 35.3 Å². The molecule has 0 fully saturated rings. The summed E-state index contributed by atoms with van der Waals surface area (Å²) in [5.74, 6) is 1.17. The lowest BCUT2D eigenvalue weighted by molar-refractivity contribution is 0.275. The average Bonchev–Trinajstić information content (AvgIpc) is 2.88. The van der Waals surface area contributed by atoms with Crippen molar-refractivity contribution in [3.8, 4) is 11.6 Å². The number of benzene rings is 2. The van der Waals surface area contributed by atoms with E-state index in [9.17, 15) is 5.02 Å². The molecule has 0 spiro atoms. The Labute approximate surface area is 122 Å². The molecule has 0 aliphatic carbocycles. The van der Waals surface area contributed by atoms with Crippen LogP contribution in [0.5, 0.6) is 11.6 Å². The molecule has 1 aromatic heterocycles. The highest BCUT2D eigenvalue weighted by Gasteiger charge is 2.27. The van der Waals surface area contributed by atoms with Gasteiger partial charge < -0.3 is 14.4 Å². The summed E-state index contributed by atoms with van der Waals surface area (Å²) in [6.07, 6.45) is 0. The second kappa shape index (κ2) is 4.88. The summed E-state index contributed by atoms with van der Waals surface area (Å²) < 4.78 is 11.0. The van der Waals surface area contributed by atoms with Gasteiger partial charge >= 0.3 is 7.12 Å². The van der Waals surface area contributed by atoms with Crippen LogP contribution in [0.1, 0.15) is 5.56 Å². The van der Waals surface area contributed by atoms with Crippen LogP contribution in [0.25, 0.3) is 10.9 Å². The van der Waals surface area contributed by atoms with E-state index < -0.39 is 7.12 Å². The van der Waals surface area contributed by atoms with E-state index in [2.05, 4.69) is 4.98 Å². The molecule has 0 saturated heterocycles. The molecule has 0 radical (unpaired) electrons. The number of para-hydroxylation sites is 1. The maximum atomic E-state index is 9.72. The molecule has 102 valence electrons. The van der Waals surface area contributed by atoms with Gasteiger partial charge in [-0.2, -0.15) is 0 Å². The summed E-state index contributed by atoms with van der Waals surface area (Å²) in [7, 11) is -0.867. The smallest absolute Gasteiger partial charge is 0.439 e. The third-order valence-electron chi connectivity index (χ3n) is 3.58. The molecule has 0 saturated carbocycles. The summed E-state index contributed by atoms with van der Waals surface area (Å²) in [6, 6.07) is 17.3. The minimum Gasteiger partial charge on any atom is -0.439 e. The fourth-order valence-corrected chi connectivity index (χ4v) is 2.48. The second-order valence-corrected chi connectivity index (χ2v) is 4.97. The normalized spacial score (nSPS) is 13.5. The quantitative estimate of drug-likeness (QED) is 0.730. The number of aromatic nitrogens is 1. The molecule has 5 heteroatoms. The first-order valence-electron chi connectivity index (χ1n) is 6.76. The van der Waals surface area contributed by atoms with Crippen LogP contribution in [0, 0.1) is 0 Å². The molecule has 4 rings (SSSR count). The number of nitrogens with zero attached hydrogens (tertiary/aromatic N) is 1. The van der Waals surface area contributed by atoms with Crippen molar-refractivity contribution in [2.24, 2.45) is 0 Å². The zero-order chi connectivity index (χ0) is 14.2. The van der Waals surface area contributed by atoms with Crippen molar-refractivity contribution < 1.29 is 14.4 Å². The molecule has 3 aromatic rings. The number of hydrogen-bond acceptors (Lipinski definition) is 4. The van der Waals surface area contributed by atoms with Gasteiger partial charge in [0.1, 0.15) is 5.75 Å². The molecule has 4 nitrogen and oxygen atoms in total. The van der Waals surface area contributed by atoms with Crippen LogP contribution in [0.15, 0.2) is 54.6 Å². The van der Waals surface area contributed by atoms with Crippen molar-refractivity contribution in [1.29, 1.82) is 0 Å². The fraction of sp³-hybridized carbons (Fsp3) is 0.0625. The predicted molar refractivity (Wildman–Crippen MR) is 80.7 cm³/mol. The highest BCUT2D eigenvalue weighted by atomic mass is 16.5. The molecule has 0 unspecified atom stereocenters. The predicted octanol–water partition coefficient (Wildman–Crippen LogP) is 2.24. The Bertz CT molecular complexity index is 821. The molecular weight excluding hydrogens is 265 g/mol. The van der Waals surface area contributed by atoms with Crippen LogP contribution in [0.3, 0.4) is 0 Å². The van der Waals surface area contributed by atoms with E-state index >= 15 is 0 Å². The number of pyridine rings is 1. The summed E-state index contributed by atoms with van der Waals surface area (Å²) >= 11 is 0. The molecule has 0 bridgehead atoms. The highest BCUT2D eigenvalue weighted by molar-refractivity contribution is 6.61. The Balaban J connectivity index is 1.67. The number of hydrogen-bond donors (Lipinski definition) is 1. The first-order valence-corrected chi connectivity index (χ1v) is 6.76. The maximum Gasteiger partial charge on any atom is 0.491 e. The van der Waals surface area contributed by atoms with Gasteiger partial charge in [0.05, 0.1) is 12.1 Å². The average molecular weight is 277 g/mol. The first-order chi connectivity index (χ1) is 10.3. The Morgan fingerprint density at radius 3 is 2.95 bits per heavy atom. The van der Waals surface area contributed by atoms with Crippen molar-refractivity contribution in [3.05, 3.63) is 60.2 Å². The van der Waals surface area contributed by atoms with E-state index in [1.807, 2.05) is 48.5 Å². The van der Waals surface area contributed by atoms with Crippen molar-refractivity contribution in [2.75, 3.05) is 0 Å². The molecular formula is C16H12BNO3. The fourth-order valence-electron chi connectivity index (χ4n) is 2.48. The number of rotatable bonds is 2.